The van der Waals surface area contributed by atoms with Gasteiger partial charge in [-0.3, -0.25) is 4.79 Å². The van der Waals surface area contributed by atoms with Crippen LogP contribution in [0.25, 0.3) is 0 Å². The number of carbonyl (C=O) groups is 1. The number of rotatable bonds is 7. The quantitative estimate of drug-likeness (QED) is 0.618. The van der Waals surface area contributed by atoms with Gasteiger partial charge in [0.05, 0.1) is 14.2 Å². The molecule has 4 nitrogen and oxygen atoms in total. The fraction of sp³-hybridized carbons (Fsp3) is 0.174. The maximum Gasteiger partial charge on any atom is 0.258 e. The second-order valence-corrected chi connectivity index (χ2v) is 6.13. The summed E-state index contributed by atoms with van der Waals surface area (Å²) in [5.41, 5.74) is 2.58. The van der Waals surface area contributed by atoms with E-state index in [9.17, 15) is 4.79 Å². The molecule has 0 saturated carbocycles. The van der Waals surface area contributed by atoms with E-state index in [-0.39, 0.29) is 5.91 Å². The van der Waals surface area contributed by atoms with Crippen LogP contribution in [0.2, 0.25) is 0 Å². The van der Waals surface area contributed by atoms with E-state index < -0.39 is 0 Å². The lowest BCUT2D eigenvalue weighted by Crippen LogP contribution is -2.33. The second-order valence-electron chi connectivity index (χ2n) is 6.13. The number of anilines is 1. The van der Waals surface area contributed by atoms with Gasteiger partial charge in [0, 0.05) is 23.9 Å². The number of hydrogen-bond donors (Lipinski definition) is 0. The van der Waals surface area contributed by atoms with Gasteiger partial charge in [0.15, 0.2) is 0 Å². The largest absolute Gasteiger partial charge is 0.497 e. The molecule has 138 valence electrons. The highest BCUT2D eigenvalue weighted by Crippen LogP contribution is 2.25. The number of para-hydroxylation sites is 1. The van der Waals surface area contributed by atoms with Gasteiger partial charge < -0.3 is 14.4 Å². The molecule has 0 bridgehead atoms. The van der Waals surface area contributed by atoms with E-state index in [2.05, 4.69) is 12.1 Å². The Morgan fingerprint density at radius 3 is 1.93 bits per heavy atom. The highest BCUT2D eigenvalue weighted by Gasteiger charge is 2.19. The average molecular weight is 361 g/mol. The third-order valence-electron chi connectivity index (χ3n) is 4.38. The Balaban J connectivity index is 1.91. The molecule has 0 aliphatic heterocycles. The van der Waals surface area contributed by atoms with Crippen molar-refractivity contribution in [2.45, 2.75) is 6.42 Å². The van der Waals surface area contributed by atoms with Crippen LogP contribution in [0.1, 0.15) is 15.9 Å². The van der Waals surface area contributed by atoms with Crippen LogP contribution in [0.3, 0.4) is 0 Å². The van der Waals surface area contributed by atoms with Gasteiger partial charge in [0.2, 0.25) is 0 Å². The van der Waals surface area contributed by atoms with Gasteiger partial charge in [-0.15, -0.1) is 0 Å². The molecular weight excluding hydrogens is 338 g/mol. The molecule has 0 atom stereocenters. The summed E-state index contributed by atoms with van der Waals surface area (Å²) in [5.74, 6) is 1.09. The summed E-state index contributed by atoms with van der Waals surface area (Å²) in [7, 11) is 3.15. The predicted octanol–water partition coefficient (Wildman–Crippen LogP) is 4.59. The topological polar surface area (TPSA) is 38.8 Å². The SMILES string of the molecule is COc1cc(OC)cc(C(=O)N(CCc2ccccc2)c2ccccc2)c1. The summed E-state index contributed by atoms with van der Waals surface area (Å²) in [6, 6.07) is 25.1. The number of benzene rings is 3. The van der Waals surface area contributed by atoms with Crippen LogP contribution < -0.4 is 14.4 Å². The molecule has 0 aromatic heterocycles. The van der Waals surface area contributed by atoms with E-state index in [0.29, 0.717) is 23.6 Å². The lowest BCUT2D eigenvalue weighted by Gasteiger charge is -2.23. The lowest BCUT2D eigenvalue weighted by molar-refractivity contribution is 0.0986. The first kappa shape index (κ1) is 18.5. The number of ether oxygens (including phenoxy) is 2. The number of nitrogens with zero attached hydrogens (tertiary/aromatic N) is 1. The highest BCUT2D eigenvalue weighted by molar-refractivity contribution is 6.06. The van der Waals surface area contributed by atoms with Crippen LogP contribution in [0.5, 0.6) is 11.5 Å². The van der Waals surface area contributed by atoms with Crippen molar-refractivity contribution in [3.63, 3.8) is 0 Å². The van der Waals surface area contributed by atoms with Crippen LogP contribution >= 0.6 is 0 Å². The fourth-order valence-corrected chi connectivity index (χ4v) is 2.93. The first-order valence-corrected chi connectivity index (χ1v) is 8.85. The van der Waals surface area contributed by atoms with Gasteiger partial charge in [-0.25, -0.2) is 0 Å². The van der Waals surface area contributed by atoms with E-state index >= 15 is 0 Å². The van der Waals surface area contributed by atoms with Crippen LogP contribution in [0, 0.1) is 0 Å². The molecule has 0 fully saturated rings. The molecular formula is C23H23NO3. The monoisotopic (exact) mass is 361 g/mol. The second kappa shape index (κ2) is 8.90. The number of hydrogen-bond acceptors (Lipinski definition) is 3. The molecule has 0 unspecified atom stereocenters. The third-order valence-corrected chi connectivity index (χ3v) is 4.38. The standard InChI is InChI=1S/C23H23NO3/c1-26-21-15-19(16-22(17-21)27-2)23(25)24(20-11-7-4-8-12-20)14-13-18-9-5-3-6-10-18/h3-12,15-17H,13-14H2,1-2H3. The first-order valence-electron chi connectivity index (χ1n) is 8.85. The Hall–Kier alpha value is -3.27. The fourth-order valence-electron chi connectivity index (χ4n) is 2.93. The Labute approximate surface area is 160 Å². The zero-order chi connectivity index (χ0) is 19.1. The van der Waals surface area contributed by atoms with Gasteiger partial charge in [0.1, 0.15) is 11.5 Å². The van der Waals surface area contributed by atoms with Crippen molar-refractivity contribution < 1.29 is 14.3 Å². The zero-order valence-electron chi connectivity index (χ0n) is 15.6. The van der Waals surface area contributed by atoms with Gasteiger partial charge in [-0.2, -0.15) is 0 Å². The van der Waals surface area contributed by atoms with Crippen LogP contribution in [0.15, 0.2) is 78.9 Å². The Morgan fingerprint density at radius 2 is 1.37 bits per heavy atom. The minimum Gasteiger partial charge on any atom is -0.497 e. The average Bonchev–Trinajstić information content (AvgIpc) is 2.74. The van der Waals surface area contributed by atoms with Gasteiger partial charge in [-0.05, 0) is 36.2 Å². The van der Waals surface area contributed by atoms with Gasteiger partial charge >= 0.3 is 0 Å². The maximum absolute atomic E-state index is 13.3. The first-order chi connectivity index (χ1) is 13.2. The summed E-state index contributed by atoms with van der Waals surface area (Å²) in [6.45, 7) is 0.576. The summed E-state index contributed by atoms with van der Waals surface area (Å²) >= 11 is 0. The zero-order valence-corrected chi connectivity index (χ0v) is 15.6. The Kier molecular flexibility index (Phi) is 6.10. The lowest BCUT2D eigenvalue weighted by atomic mass is 10.1. The normalized spacial score (nSPS) is 10.3. The van der Waals surface area contributed by atoms with E-state index in [0.717, 1.165) is 12.1 Å². The molecule has 0 N–H and O–H groups in total. The van der Waals surface area contributed by atoms with Crippen molar-refractivity contribution in [1.29, 1.82) is 0 Å². The Morgan fingerprint density at radius 1 is 0.815 bits per heavy atom. The molecule has 1 amide bonds. The summed E-state index contributed by atoms with van der Waals surface area (Å²) < 4.78 is 10.6. The van der Waals surface area contributed by atoms with E-state index in [1.807, 2.05) is 48.5 Å². The van der Waals surface area contributed by atoms with Crippen LogP contribution in [0.4, 0.5) is 5.69 Å². The van der Waals surface area contributed by atoms with Crippen LogP contribution in [-0.2, 0) is 6.42 Å². The summed E-state index contributed by atoms with van der Waals surface area (Å²) in [6.07, 6.45) is 0.766. The van der Waals surface area contributed by atoms with E-state index in [1.165, 1.54) is 5.56 Å². The minimum absolute atomic E-state index is 0.0886. The third kappa shape index (κ3) is 4.67. The molecule has 0 aliphatic rings. The number of amides is 1. The van der Waals surface area contributed by atoms with Crippen molar-refractivity contribution in [3.8, 4) is 11.5 Å². The molecule has 3 aromatic carbocycles. The number of carbonyl (C=O) groups excluding carboxylic acids is 1. The molecule has 0 saturated heterocycles. The van der Waals surface area contributed by atoms with Gasteiger partial charge in [0.25, 0.3) is 5.91 Å². The summed E-state index contributed by atoms with van der Waals surface area (Å²) in [5, 5.41) is 0. The molecule has 4 heteroatoms. The summed E-state index contributed by atoms with van der Waals surface area (Å²) in [4.78, 5) is 15.1. The molecule has 0 heterocycles. The number of methoxy groups -OCH3 is 2. The molecule has 0 radical (unpaired) electrons. The smallest absolute Gasteiger partial charge is 0.258 e. The molecule has 0 aliphatic carbocycles. The van der Waals surface area contributed by atoms with Crippen LogP contribution in [-0.4, -0.2) is 26.7 Å². The van der Waals surface area contributed by atoms with Crippen molar-refractivity contribution in [2.24, 2.45) is 0 Å². The van der Waals surface area contributed by atoms with Gasteiger partial charge in [-0.1, -0.05) is 48.5 Å². The van der Waals surface area contributed by atoms with Crippen molar-refractivity contribution in [3.05, 3.63) is 90.0 Å². The van der Waals surface area contributed by atoms with Crippen molar-refractivity contribution in [1.82, 2.24) is 0 Å². The van der Waals surface area contributed by atoms with E-state index in [4.69, 9.17) is 9.47 Å². The molecule has 3 rings (SSSR count). The van der Waals surface area contributed by atoms with Crippen molar-refractivity contribution >= 4 is 11.6 Å². The molecule has 0 spiro atoms. The maximum atomic E-state index is 13.3. The molecule has 3 aromatic rings. The molecule has 27 heavy (non-hydrogen) atoms. The highest BCUT2D eigenvalue weighted by atomic mass is 16.5. The predicted molar refractivity (Wildman–Crippen MR) is 108 cm³/mol. The minimum atomic E-state index is -0.0886. The van der Waals surface area contributed by atoms with E-state index in [1.54, 1.807) is 37.3 Å². The van der Waals surface area contributed by atoms with Crippen molar-refractivity contribution in [2.75, 3.05) is 25.7 Å². The Bertz CT molecular complexity index is 856.